The van der Waals surface area contributed by atoms with E-state index < -0.39 is 15.2 Å². The van der Waals surface area contributed by atoms with E-state index in [-0.39, 0.29) is 23.8 Å². The lowest BCUT2D eigenvalue weighted by atomic mass is 10.4. The molecule has 2 rings (SSSR count). The van der Waals surface area contributed by atoms with Crippen molar-refractivity contribution < 1.29 is 28.0 Å². The van der Waals surface area contributed by atoms with Gasteiger partial charge in [-0.3, -0.25) is 9.13 Å². The molecule has 22 heavy (non-hydrogen) atoms. The summed E-state index contributed by atoms with van der Waals surface area (Å²) >= 11 is 0. The molecule has 0 aromatic heterocycles. The highest BCUT2D eigenvalue weighted by Crippen LogP contribution is 2.42. The Kier molecular flexibility index (Phi) is 5.70. The van der Waals surface area contributed by atoms with E-state index in [9.17, 15) is 18.9 Å². The van der Waals surface area contributed by atoms with Crippen molar-refractivity contribution in [3.05, 3.63) is 60.7 Å². The molecule has 2 unspecified atom stereocenters. The van der Waals surface area contributed by atoms with Gasteiger partial charge in [0, 0.05) is 0 Å². The van der Waals surface area contributed by atoms with Crippen LogP contribution in [0.25, 0.3) is 0 Å². The van der Waals surface area contributed by atoms with Crippen LogP contribution in [0.3, 0.4) is 0 Å². The molecule has 0 aliphatic rings. The largest absolute Gasteiger partial charge is 0.358 e. The fourth-order valence-corrected chi connectivity index (χ4v) is 3.74. The Morgan fingerprint density at radius 1 is 0.682 bits per heavy atom. The van der Waals surface area contributed by atoms with E-state index in [1.165, 1.54) is 24.3 Å². The van der Waals surface area contributed by atoms with E-state index in [1.807, 2.05) is 0 Å². The summed E-state index contributed by atoms with van der Waals surface area (Å²) in [7, 11) is -7.90. The van der Waals surface area contributed by atoms with Gasteiger partial charge in [0.15, 0.2) is 0 Å². The summed E-state index contributed by atoms with van der Waals surface area (Å²) in [5.74, 6) is 0. The molecule has 2 N–H and O–H groups in total. The van der Waals surface area contributed by atoms with Crippen LogP contribution in [0, 0.1) is 0 Å². The van der Waals surface area contributed by atoms with Crippen LogP contribution in [0.1, 0.15) is 0 Å². The highest BCUT2D eigenvalue weighted by Gasteiger charge is 2.25. The standard InChI is InChI=1S/C14H16O6P2/c15-21(16,13-7-3-1-4-8-13)19-11-12-20-22(17,18)14-9-5-2-6-10-14/h1-10H,11-12H2,(H,15,16)(H,17,18). The highest BCUT2D eigenvalue weighted by atomic mass is 31.2. The molecule has 2 aromatic rings. The van der Waals surface area contributed by atoms with Gasteiger partial charge in [-0.05, 0) is 24.3 Å². The highest BCUT2D eigenvalue weighted by molar-refractivity contribution is 7.61. The van der Waals surface area contributed by atoms with Gasteiger partial charge in [0.2, 0.25) is 0 Å². The Morgan fingerprint density at radius 2 is 1.00 bits per heavy atom. The zero-order chi connectivity index (χ0) is 16.1. The summed E-state index contributed by atoms with van der Waals surface area (Å²) in [6.07, 6.45) is 0. The second-order valence-electron chi connectivity index (χ2n) is 4.38. The Morgan fingerprint density at radius 3 is 1.32 bits per heavy atom. The zero-order valence-corrected chi connectivity index (χ0v) is 13.4. The molecule has 8 heteroatoms. The minimum Gasteiger partial charge on any atom is -0.321 e. The summed E-state index contributed by atoms with van der Waals surface area (Å²) in [6.45, 7) is -0.555. The number of hydrogen-bond acceptors (Lipinski definition) is 4. The van der Waals surface area contributed by atoms with Crippen molar-refractivity contribution in [3.8, 4) is 0 Å². The normalized spacial score (nSPS) is 16.6. The molecular formula is C14H16O6P2. The van der Waals surface area contributed by atoms with Gasteiger partial charge in [0.1, 0.15) is 0 Å². The summed E-state index contributed by atoms with van der Waals surface area (Å²) < 4.78 is 33.7. The smallest absolute Gasteiger partial charge is 0.321 e. The van der Waals surface area contributed by atoms with Gasteiger partial charge in [0.05, 0.1) is 23.8 Å². The Balaban J connectivity index is 1.87. The van der Waals surface area contributed by atoms with Gasteiger partial charge < -0.3 is 18.8 Å². The van der Waals surface area contributed by atoms with Crippen LogP contribution < -0.4 is 10.6 Å². The van der Waals surface area contributed by atoms with Crippen LogP contribution in [0.15, 0.2) is 60.7 Å². The second kappa shape index (κ2) is 7.34. The van der Waals surface area contributed by atoms with Gasteiger partial charge in [0.25, 0.3) is 0 Å². The molecule has 0 aliphatic carbocycles. The summed E-state index contributed by atoms with van der Waals surface area (Å²) in [5.41, 5.74) is 0. The lowest BCUT2D eigenvalue weighted by Crippen LogP contribution is -2.12. The molecule has 0 heterocycles. The van der Waals surface area contributed by atoms with Gasteiger partial charge >= 0.3 is 15.2 Å². The molecule has 2 atom stereocenters. The quantitative estimate of drug-likeness (QED) is 0.591. The molecule has 0 radical (unpaired) electrons. The zero-order valence-electron chi connectivity index (χ0n) is 11.6. The van der Waals surface area contributed by atoms with Crippen LogP contribution in [-0.2, 0) is 18.2 Å². The minimum absolute atomic E-state index is 0.158. The maximum Gasteiger partial charge on any atom is 0.358 e. The van der Waals surface area contributed by atoms with Gasteiger partial charge in [-0.15, -0.1) is 0 Å². The molecular weight excluding hydrogens is 326 g/mol. The molecule has 0 bridgehead atoms. The van der Waals surface area contributed by atoms with Crippen molar-refractivity contribution in [2.24, 2.45) is 0 Å². The van der Waals surface area contributed by atoms with E-state index in [2.05, 4.69) is 0 Å². The molecule has 0 amide bonds. The van der Waals surface area contributed by atoms with Crippen LogP contribution in [0.2, 0.25) is 0 Å². The first-order valence-electron chi connectivity index (χ1n) is 6.48. The van der Waals surface area contributed by atoms with Gasteiger partial charge in [-0.25, -0.2) is 0 Å². The first kappa shape index (κ1) is 17.1. The maximum absolute atomic E-state index is 12.0. The average molecular weight is 342 g/mol. The van der Waals surface area contributed by atoms with Crippen molar-refractivity contribution in [2.45, 2.75) is 0 Å². The summed E-state index contributed by atoms with van der Waals surface area (Å²) in [5, 5.41) is 0.315. The lowest BCUT2D eigenvalue weighted by Gasteiger charge is -2.14. The van der Waals surface area contributed by atoms with Crippen molar-refractivity contribution in [3.63, 3.8) is 0 Å². The van der Waals surface area contributed by atoms with E-state index in [0.29, 0.717) is 0 Å². The van der Waals surface area contributed by atoms with Crippen LogP contribution in [0.5, 0.6) is 0 Å². The van der Waals surface area contributed by atoms with Gasteiger partial charge in [-0.2, -0.15) is 0 Å². The van der Waals surface area contributed by atoms with E-state index >= 15 is 0 Å². The Bertz CT molecular complexity index is 627. The fraction of sp³-hybridized carbons (Fsp3) is 0.143. The third kappa shape index (κ3) is 4.62. The second-order valence-corrected chi connectivity index (χ2v) is 8.01. The first-order valence-corrected chi connectivity index (χ1v) is 9.63. The molecule has 118 valence electrons. The fourth-order valence-electron chi connectivity index (χ4n) is 1.70. The Labute approximate surface area is 128 Å². The van der Waals surface area contributed by atoms with Crippen molar-refractivity contribution in [1.82, 2.24) is 0 Å². The average Bonchev–Trinajstić information content (AvgIpc) is 2.53. The first-order chi connectivity index (χ1) is 10.4. The molecule has 2 aromatic carbocycles. The molecule has 6 nitrogen and oxygen atoms in total. The van der Waals surface area contributed by atoms with Crippen molar-refractivity contribution >= 4 is 25.8 Å². The third-order valence-corrected chi connectivity index (χ3v) is 5.75. The number of rotatable bonds is 7. The maximum atomic E-state index is 12.0. The van der Waals surface area contributed by atoms with Crippen LogP contribution in [0.4, 0.5) is 0 Å². The number of hydrogen-bond donors (Lipinski definition) is 2. The van der Waals surface area contributed by atoms with Crippen molar-refractivity contribution in [2.75, 3.05) is 13.2 Å². The molecule has 0 saturated carbocycles. The predicted octanol–water partition coefficient (Wildman–Crippen LogP) is 2.04. The summed E-state index contributed by atoms with van der Waals surface area (Å²) in [6, 6.07) is 15.8. The van der Waals surface area contributed by atoms with Crippen LogP contribution >= 0.6 is 15.2 Å². The Hall–Kier alpha value is -1.26. The third-order valence-electron chi connectivity index (χ3n) is 2.78. The van der Waals surface area contributed by atoms with E-state index in [1.54, 1.807) is 36.4 Å². The van der Waals surface area contributed by atoms with E-state index in [0.717, 1.165) is 0 Å². The molecule has 0 saturated heterocycles. The van der Waals surface area contributed by atoms with Gasteiger partial charge in [-0.1, -0.05) is 36.4 Å². The summed E-state index contributed by atoms with van der Waals surface area (Å²) in [4.78, 5) is 19.6. The molecule has 0 aliphatic heterocycles. The molecule has 0 fully saturated rings. The van der Waals surface area contributed by atoms with Crippen molar-refractivity contribution in [1.29, 1.82) is 0 Å². The van der Waals surface area contributed by atoms with E-state index in [4.69, 9.17) is 9.05 Å². The minimum atomic E-state index is -3.95. The monoisotopic (exact) mass is 342 g/mol. The topological polar surface area (TPSA) is 93.1 Å². The number of benzene rings is 2. The SMILES string of the molecule is O=P(O)(OCCOP(=O)(O)c1ccccc1)c1ccccc1. The predicted molar refractivity (Wildman–Crippen MR) is 83.7 cm³/mol. The lowest BCUT2D eigenvalue weighted by molar-refractivity contribution is 0.188. The van der Waals surface area contributed by atoms with Crippen LogP contribution in [-0.4, -0.2) is 23.0 Å². The molecule has 0 spiro atoms.